The SMILES string of the molecule is CC1CCC(C(=O)NCCc2nncn2C)CN1. The summed E-state index contributed by atoms with van der Waals surface area (Å²) in [6.07, 6.45) is 4.44. The number of hydrogen-bond acceptors (Lipinski definition) is 4. The van der Waals surface area contributed by atoms with E-state index in [1.54, 1.807) is 6.33 Å². The van der Waals surface area contributed by atoms with Crippen molar-refractivity contribution in [2.75, 3.05) is 13.1 Å². The average molecular weight is 251 g/mol. The quantitative estimate of drug-likeness (QED) is 0.781. The summed E-state index contributed by atoms with van der Waals surface area (Å²) >= 11 is 0. The highest BCUT2D eigenvalue weighted by atomic mass is 16.1. The molecule has 2 heterocycles. The summed E-state index contributed by atoms with van der Waals surface area (Å²) in [7, 11) is 1.91. The van der Waals surface area contributed by atoms with E-state index in [0.717, 1.165) is 31.6 Å². The molecule has 0 bridgehead atoms. The van der Waals surface area contributed by atoms with Crippen LogP contribution in [0.5, 0.6) is 0 Å². The van der Waals surface area contributed by atoms with Gasteiger partial charge in [-0.05, 0) is 19.8 Å². The van der Waals surface area contributed by atoms with Crippen molar-refractivity contribution in [2.45, 2.75) is 32.2 Å². The van der Waals surface area contributed by atoms with Crippen molar-refractivity contribution in [3.63, 3.8) is 0 Å². The van der Waals surface area contributed by atoms with Gasteiger partial charge in [0.05, 0.1) is 5.92 Å². The van der Waals surface area contributed by atoms with Gasteiger partial charge < -0.3 is 15.2 Å². The summed E-state index contributed by atoms with van der Waals surface area (Å²) in [5, 5.41) is 14.1. The highest BCUT2D eigenvalue weighted by Crippen LogP contribution is 2.13. The molecule has 0 aliphatic carbocycles. The first-order valence-electron chi connectivity index (χ1n) is 6.51. The lowest BCUT2D eigenvalue weighted by atomic mass is 9.95. The molecular weight excluding hydrogens is 230 g/mol. The van der Waals surface area contributed by atoms with Crippen LogP contribution in [0.2, 0.25) is 0 Å². The summed E-state index contributed by atoms with van der Waals surface area (Å²) in [6.45, 7) is 3.57. The van der Waals surface area contributed by atoms with E-state index in [9.17, 15) is 4.79 Å². The second-order valence-electron chi connectivity index (χ2n) is 4.98. The largest absolute Gasteiger partial charge is 0.355 e. The fourth-order valence-electron chi connectivity index (χ4n) is 2.20. The number of nitrogens with one attached hydrogen (secondary N) is 2. The molecule has 2 N–H and O–H groups in total. The van der Waals surface area contributed by atoms with E-state index < -0.39 is 0 Å². The topological polar surface area (TPSA) is 71.8 Å². The van der Waals surface area contributed by atoms with Gasteiger partial charge in [-0.25, -0.2) is 0 Å². The number of piperidine rings is 1. The molecule has 1 saturated heterocycles. The standard InChI is InChI=1S/C12H21N5O/c1-9-3-4-10(7-14-9)12(18)13-6-5-11-16-15-8-17(11)2/h8-10,14H,3-7H2,1-2H3,(H,13,18). The third kappa shape index (κ3) is 3.29. The molecular formula is C12H21N5O. The number of amides is 1. The summed E-state index contributed by atoms with van der Waals surface area (Å²) in [4.78, 5) is 11.9. The Bertz CT molecular complexity index is 395. The monoisotopic (exact) mass is 251 g/mol. The number of nitrogens with zero attached hydrogens (tertiary/aromatic N) is 3. The van der Waals surface area contributed by atoms with Crippen molar-refractivity contribution >= 4 is 5.91 Å². The zero-order chi connectivity index (χ0) is 13.0. The van der Waals surface area contributed by atoms with Crippen LogP contribution in [0.3, 0.4) is 0 Å². The van der Waals surface area contributed by atoms with Crippen LogP contribution in [0.1, 0.15) is 25.6 Å². The molecule has 0 saturated carbocycles. The van der Waals surface area contributed by atoms with Crippen molar-refractivity contribution in [3.05, 3.63) is 12.2 Å². The number of carbonyl (C=O) groups excluding carboxylic acids is 1. The molecule has 1 aliphatic rings. The normalized spacial score (nSPS) is 23.9. The van der Waals surface area contributed by atoms with Crippen LogP contribution < -0.4 is 10.6 Å². The van der Waals surface area contributed by atoms with Gasteiger partial charge >= 0.3 is 0 Å². The van der Waals surface area contributed by atoms with Gasteiger partial charge in [-0.1, -0.05) is 0 Å². The smallest absolute Gasteiger partial charge is 0.224 e. The van der Waals surface area contributed by atoms with E-state index in [4.69, 9.17) is 0 Å². The lowest BCUT2D eigenvalue weighted by Crippen LogP contribution is -2.44. The van der Waals surface area contributed by atoms with Gasteiger partial charge in [0, 0.05) is 32.6 Å². The molecule has 6 nitrogen and oxygen atoms in total. The average Bonchev–Trinajstić information content (AvgIpc) is 2.76. The number of rotatable bonds is 4. The van der Waals surface area contributed by atoms with Crippen LogP contribution in [0.25, 0.3) is 0 Å². The van der Waals surface area contributed by atoms with E-state index in [2.05, 4.69) is 27.8 Å². The highest BCUT2D eigenvalue weighted by molar-refractivity contribution is 5.78. The zero-order valence-corrected chi connectivity index (χ0v) is 11.0. The summed E-state index contributed by atoms with van der Waals surface area (Å²) < 4.78 is 1.87. The van der Waals surface area contributed by atoms with Crippen molar-refractivity contribution in [1.82, 2.24) is 25.4 Å². The molecule has 1 aromatic heterocycles. The number of hydrogen-bond donors (Lipinski definition) is 2. The summed E-state index contributed by atoms with van der Waals surface area (Å²) in [5.41, 5.74) is 0. The van der Waals surface area contributed by atoms with E-state index >= 15 is 0 Å². The van der Waals surface area contributed by atoms with E-state index in [1.165, 1.54) is 0 Å². The Balaban J connectivity index is 1.70. The van der Waals surface area contributed by atoms with Crippen molar-refractivity contribution in [3.8, 4) is 0 Å². The Kier molecular flexibility index (Phi) is 4.30. The van der Waals surface area contributed by atoms with Crippen molar-refractivity contribution in [2.24, 2.45) is 13.0 Å². The third-order valence-corrected chi connectivity index (χ3v) is 3.48. The number of aryl methyl sites for hydroxylation is 1. The van der Waals surface area contributed by atoms with Crippen LogP contribution in [0.15, 0.2) is 6.33 Å². The molecule has 100 valence electrons. The predicted octanol–water partition coefficient (Wildman–Crippen LogP) is -0.138. The second kappa shape index (κ2) is 5.95. The third-order valence-electron chi connectivity index (χ3n) is 3.48. The van der Waals surface area contributed by atoms with Crippen LogP contribution in [-0.2, 0) is 18.3 Å². The van der Waals surface area contributed by atoms with E-state index in [1.807, 2.05) is 11.6 Å². The fraction of sp³-hybridized carbons (Fsp3) is 0.750. The molecule has 1 aliphatic heterocycles. The molecule has 2 rings (SSSR count). The molecule has 2 unspecified atom stereocenters. The molecule has 2 atom stereocenters. The Morgan fingerprint density at radius 1 is 1.61 bits per heavy atom. The van der Waals surface area contributed by atoms with Gasteiger partial charge in [0.15, 0.2) is 0 Å². The first-order chi connectivity index (χ1) is 8.66. The summed E-state index contributed by atoms with van der Waals surface area (Å²) in [5.74, 6) is 1.16. The molecule has 0 spiro atoms. The first-order valence-corrected chi connectivity index (χ1v) is 6.51. The second-order valence-corrected chi connectivity index (χ2v) is 4.98. The molecule has 0 radical (unpaired) electrons. The van der Waals surface area contributed by atoms with E-state index in [-0.39, 0.29) is 11.8 Å². The minimum Gasteiger partial charge on any atom is -0.355 e. The van der Waals surface area contributed by atoms with Gasteiger partial charge in [0.2, 0.25) is 5.91 Å². The Labute approximate surface area is 107 Å². The lowest BCUT2D eigenvalue weighted by molar-refractivity contribution is -0.125. The van der Waals surface area contributed by atoms with Gasteiger partial charge in [-0.2, -0.15) is 0 Å². The molecule has 6 heteroatoms. The Hall–Kier alpha value is -1.43. The Morgan fingerprint density at radius 2 is 2.44 bits per heavy atom. The van der Waals surface area contributed by atoms with Crippen LogP contribution in [0.4, 0.5) is 0 Å². The fourth-order valence-corrected chi connectivity index (χ4v) is 2.20. The van der Waals surface area contributed by atoms with Gasteiger partial charge in [0.1, 0.15) is 12.2 Å². The maximum Gasteiger partial charge on any atom is 0.224 e. The maximum absolute atomic E-state index is 11.9. The van der Waals surface area contributed by atoms with Gasteiger partial charge in [-0.15, -0.1) is 10.2 Å². The lowest BCUT2D eigenvalue weighted by Gasteiger charge is -2.26. The van der Waals surface area contributed by atoms with Crippen LogP contribution >= 0.6 is 0 Å². The van der Waals surface area contributed by atoms with E-state index in [0.29, 0.717) is 12.6 Å². The predicted molar refractivity (Wildman–Crippen MR) is 67.9 cm³/mol. The van der Waals surface area contributed by atoms with Crippen molar-refractivity contribution < 1.29 is 4.79 Å². The van der Waals surface area contributed by atoms with Crippen molar-refractivity contribution in [1.29, 1.82) is 0 Å². The van der Waals surface area contributed by atoms with Gasteiger partial charge in [0.25, 0.3) is 0 Å². The van der Waals surface area contributed by atoms with Gasteiger partial charge in [-0.3, -0.25) is 4.79 Å². The molecule has 1 fully saturated rings. The first kappa shape index (κ1) is 13.0. The van der Waals surface area contributed by atoms with Crippen LogP contribution in [-0.4, -0.2) is 39.8 Å². The molecule has 18 heavy (non-hydrogen) atoms. The molecule has 1 amide bonds. The minimum atomic E-state index is 0.112. The zero-order valence-electron chi connectivity index (χ0n) is 11.0. The van der Waals surface area contributed by atoms with Crippen LogP contribution in [0, 0.1) is 5.92 Å². The molecule has 1 aromatic rings. The minimum absolute atomic E-state index is 0.112. The maximum atomic E-state index is 11.9. The summed E-state index contributed by atoms with van der Waals surface area (Å²) in [6, 6.07) is 0.535. The molecule has 0 aromatic carbocycles. The Morgan fingerprint density at radius 3 is 3.06 bits per heavy atom. The number of aromatic nitrogens is 3. The number of carbonyl (C=O) groups is 1. The highest BCUT2D eigenvalue weighted by Gasteiger charge is 2.23.